The molecule has 0 spiro atoms. The van der Waals surface area contributed by atoms with Crippen LogP contribution in [-0.2, 0) is 15.5 Å². The van der Waals surface area contributed by atoms with E-state index in [9.17, 15) is 0 Å². The minimum atomic E-state index is -1.42. The third-order valence-electron chi connectivity index (χ3n) is 1.44. The van der Waals surface area contributed by atoms with Gasteiger partial charge < -0.3 is 10.0 Å². The molecule has 0 aliphatic heterocycles. The van der Waals surface area contributed by atoms with Crippen molar-refractivity contribution < 1.29 is 14.0 Å². The van der Waals surface area contributed by atoms with E-state index in [4.69, 9.17) is 14.0 Å². The van der Waals surface area contributed by atoms with Crippen molar-refractivity contribution in [3.63, 3.8) is 0 Å². The van der Waals surface area contributed by atoms with Crippen molar-refractivity contribution in [2.24, 2.45) is 0 Å². The topological polar surface area (TPSA) is 57.6 Å². The highest BCUT2D eigenvalue weighted by Gasteiger charge is 1.93. The van der Waals surface area contributed by atoms with Gasteiger partial charge in [0, 0.05) is 6.54 Å². The van der Waals surface area contributed by atoms with Crippen LogP contribution < -0.4 is 0 Å². The first-order chi connectivity index (χ1) is 6.60. The molecule has 0 fully saturated rings. The second kappa shape index (κ2) is 7.22. The Bertz CT molecular complexity index is 291. The van der Waals surface area contributed by atoms with E-state index in [1.54, 1.807) is 12.1 Å². The van der Waals surface area contributed by atoms with E-state index in [0.717, 1.165) is 6.54 Å². The third kappa shape index (κ3) is 6.33. The van der Waals surface area contributed by atoms with Crippen LogP contribution in [0.15, 0.2) is 24.3 Å². The first-order valence-electron chi connectivity index (χ1n) is 4.02. The van der Waals surface area contributed by atoms with Gasteiger partial charge in [-0.15, -0.1) is 0 Å². The fourth-order valence-electron chi connectivity index (χ4n) is 0.967. The number of hydrogen-bond donors (Lipinski definition) is 1. The molecule has 0 unspecified atom stereocenters. The van der Waals surface area contributed by atoms with Gasteiger partial charge in [-0.05, 0) is 31.8 Å². The van der Waals surface area contributed by atoms with Gasteiger partial charge in [-0.2, -0.15) is 0 Å². The van der Waals surface area contributed by atoms with Crippen molar-refractivity contribution in [3.8, 4) is 5.75 Å². The molecule has 0 bridgehead atoms. The second-order valence-corrected chi connectivity index (χ2v) is 3.15. The number of rotatable bonds is 2. The molecule has 1 aromatic carbocycles. The van der Waals surface area contributed by atoms with E-state index in [0.29, 0.717) is 5.75 Å². The molecule has 5 heteroatoms. The molecule has 0 saturated heterocycles. The first kappa shape index (κ1) is 12.8. The summed E-state index contributed by atoms with van der Waals surface area (Å²) in [5.74, 6) is 0.326. The average Bonchev–Trinajstić information content (AvgIpc) is 2.09. The van der Waals surface area contributed by atoms with Gasteiger partial charge in [-0.25, -0.2) is 0 Å². The van der Waals surface area contributed by atoms with Crippen molar-refractivity contribution in [2.45, 2.75) is 6.54 Å². The normalized spacial score (nSPS) is 8.79. The van der Waals surface area contributed by atoms with Crippen molar-refractivity contribution in [1.29, 1.82) is 0 Å². The molecule has 1 N–H and O–H groups in total. The van der Waals surface area contributed by atoms with Gasteiger partial charge in [-0.1, -0.05) is 12.1 Å². The summed E-state index contributed by atoms with van der Waals surface area (Å²) in [6.45, 7) is 0.917. The van der Waals surface area contributed by atoms with Crippen molar-refractivity contribution in [2.75, 3.05) is 14.1 Å². The Morgan fingerprint density at radius 2 is 1.64 bits per heavy atom. The molecular weight excluding hydrogens is 198 g/mol. The number of hydrogen-bond acceptors (Lipinski definition) is 4. The predicted molar refractivity (Wildman–Crippen MR) is 52.6 cm³/mol. The smallest absolute Gasteiger partial charge is 0.508 e. The molecule has 0 atom stereocenters. The van der Waals surface area contributed by atoms with E-state index in [2.05, 4.69) is 4.90 Å². The maximum Gasteiger partial charge on any atom is 0.549 e. The molecule has 0 amide bonds. The molecule has 0 radical (unpaired) electrons. The lowest BCUT2D eigenvalue weighted by Gasteiger charge is -2.08. The quantitative estimate of drug-likeness (QED) is 0.736. The van der Waals surface area contributed by atoms with E-state index in [1.807, 2.05) is 26.2 Å². The first-order valence-corrected chi connectivity index (χ1v) is 4.83. The Hall–Kier alpha value is -1.20. The number of benzene rings is 1. The van der Waals surface area contributed by atoms with E-state index < -0.39 is 9.29 Å². The zero-order chi connectivity index (χ0) is 11.0. The lowest BCUT2D eigenvalue weighted by Crippen LogP contribution is -2.10. The van der Waals surface area contributed by atoms with Crippen LogP contribution in [0.4, 0.5) is 0 Å². The molecule has 1 aromatic rings. The van der Waals surface area contributed by atoms with Gasteiger partial charge in [-0.3, -0.25) is 8.92 Å². The second-order valence-electron chi connectivity index (χ2n) is 2.99. The summed E-state index contributed by atoms with van der Waals surface area (Å²) in [5, 5.41) is 8.98. The van der Waals surface area contributed by atoms with Crippen LogP contribution in [-0.4, -0.2) is 33.4 Å². The summed E-state index contributed by atoms with van der Waals surface area (Å²) < 4.78 is 16.8. The summed E-state index contributed by atoms with van der Waals surface area (Å²) in [6.07, 6.45) is 0. The minimum Gasteiger partial charge on any atom is -0.508 e. The summed E-state index contributed by atoms with van der Waals surface area (Å²) in [4.78, 5) is 2.09. The monoisotopic (exact) mass is 211 g/mol. The van der Waals surface area contributed by atoms with Crippen LogP contribution in [0.1, 0.15) is 5.56 Å². The van der Waals surface area contributed by atoms with E-state index in [-0.39, 0.29) is 0 Å². The van der Waals surface area contributed by atoms with Crippen LogP contribution in [0.5, 0.6) is 5.75 Å². The van der Waals surface area contributed by atoms with Gasteiger partial charge in [0.25, 0.3) is 0 Å². The zero-order valence-corrected chi connectivity index (χ0v) is 9.23. The van der Waals surface area contributed by atoms with E-state index in [1.165, 1.54) is 5.56 Å². The SMILES string of the molecule is CN(C)Cc1ccc(O)cc1.O=[Si]=O. The van der Waals surface area contributed by atoms with Crippen LogP contribution in [0.25, 0.3) is 0 Å². The standard InChI is InChI=1S/C9H13NO.O2Si/c1-10(2)7-8-3-5-9(11)6-4-8;1-3-2/h3-6,11H,7H2,1-2H3;. The van der Waals surface area contributed by atoms with Crippen LogP contribution in [0, 0.1) is 0 Å². The summed E-state index contributed by atoms with van der Waals surface area (Å²) in [6, 6.07) is 7.27. The summed E-state index contributed by atoms with van der Waals surface area (Å²) in [7, 11) is 2.62. The average molecular weight is 211 g/mol. The Balaban J connectivity index is 0.000000500. The number of phenolic OH excluding ortho intramolecular Hbond substituents is 1. The Kier molecular flexibility index (Phi) is 6.60. The van der Waals surface area contributed by atoms with Crippen molar-refractivity contribution in [3.05, 3.63) is 29.8 Å². The highest BCUT2D eigenvalue weighted by atomic mass is 28.2. The fraction of sp³-hybridized carbons (Fsp3) is 0.333. The molecule has 1 rings (SSSR count). The maximum atomic E-state index is 8.98. The number of phenols is 1. The van der Waals surface area contributed by atoms with Gasteiger partial charge in [0.05, 0.1) is 0 Å². The van der Waals surface area contributed by atoms with Crippen LogP contribution >= 0.6 is 0 Å². The lowest BCUT2D eigenvalue weighted by molar-refractivity contribution is 0.402. The number of nitrogens with zero attached hydrogens (tertiary/aromatic N) is 1. The highest BCUT2D eigenvalue weighted by molar-refractivity contribution is 5.94. The fourth-order valence-corrected chi connectivity index (χ4v) is 0.967. The third-order valence-corrected chi connectivity index (χ3v) is 1.44. The van der Waals surface area contributed by atoms with Gasteiger partial charge in [0.1, 0.15) is 5.75 Å². The number of aromatic hydroxyl groups is 1. The molecule has 4 nitrogen and oxygen atoms in total. The van der Waals surface area contributed by atoms with Gasteiger partial charge in [0.15, 0.2) is 0 Å². The largest absolute Gasteiger partial charge is 0.549 e. The highest BCUT2D eigenvalue weighted by Crippen LogP contribution is 2.10. The Morgan fingerprint density at radius 3 is 2.00 bits per heavy atom. The van der Waals surface area contributed by atoms with Gasteiger partial charge >= 0.3 is 9.29 Å². The predicted octanol–water partition coefficient (Wildman–Crippen LogP) is 0.835. The van der Waals surface area contributed by atoms with Gasteiger partial charge in [0.2, 0.25) is 0 Å². The van der Waals surface area contributed by atoms with E-state index >= 15 is 0 Å². The molecule has 14 heavy (non-hydrogen) atoms. The lowest BCUT2D eigenvalue weighted by atomic mass is 10.2. The molecule has 0 aromatic heterocycles. The Morgan fingerprint density at radius 1 is 1.21 bits per heavy atom. The minimum absolute atomic E-state index is 0.326. The molecule has 76 valence electrons. The van der Waals surface area contributed by atoms with Crippen molar-refractivity contribution >= 4 is 9.29 Å². The Labute approximate surface area is 85.1 Å². The maximum absolute atomic E-state index is 8.98. The van der Waals surface area contributed by atoms with Crippen LogP contribution in [0.2, 0.25) is 0 Å². The van der Waals surface area contributed by atoms with Crippen molar-refractivity contribution in [1.82, 2.24) is 4.90 Å². The molecule has 0 aliphatic carbocycles. The summed E-state index contributed by atoms with van der Waals surface area (Å²) >= 11 is 0. The molecule has 0 heterocycles. The van der Waals surface area contributed by atoms with Crippen LogP contribution in [0.3, 0.4) is 0 Å². The summed E-state index contributed by atoms with van der Waals surface area (Å²) in [5.41, 5.74) is 1.22. The molecule has 0 aliphatic rings. The molecular formula is C9H13NO3Si. The molecule has 0 saturated carbocycles. The zero-order valence-electron chi connectivity index (χ0n) is 8.23.